The summed E-state index contributed by atoms with van der Waals surface area (Å²) in [5, 5.41) is 13.5. The van der Waals surface area contributed by atoms with E-state index in [0.717, 1.165) is 18.5 Å². The highest BCUT2D eigenvalue weighted by Gasteiger charge is 2.16. The summed E-state index contributed by atoms with van der Waals surface area (Å²) in [6.07, 6.45) is 0.512. The molecule has 0 radical (unpaired) electrons. The summed E-state index contributed by atoms with van der Waals surface area (Å²) in [6, 6.07) is 4.64. The summed E-state index contributed by atoms with van der Waals surface area (Å²) >= 11 is 0. The minimum Gasteiger partial charge on any atom is -0.387 e. The fourth-order valence-corrected chi connectivity index (χ4v) is 1.97. The fourth-order valence-electron chi connectivity index (χ4n) is 1.97. The highest BCUT2D eigenvalue weighted by atomic mass is 19.1. The first-order valence-electron chi connectivity index (χ1n) is 7.21. The minimum absolute atomic E-state index is 0.0843. The molecular weight excluding hydrogens is 257 g/mol. The Kier molecular flexibility index (Phi) is 7.13. The summed E-state index contributed by atoms with van der Waals surface area (Å²) in [5.41, 5.74) is 1.29. The standard InChI is InChI=1S/C16H26FNO2/c1-11(2)20-9-5-8-18-13(4)16(19)14-6-7-15(17)12(3)10-14/h6-7,10-11,13,16,18-19H,5,8-9H2,1-4H3. The number of hydrogen-bond donors (Lipinski definition) is 2. The van der Waals surface area contributed by atoms with Gasteiger partial charge < -0.3 is 15.2 Å². The van der Waals surface area contributed by atoms with Gasteiger partial charge in [0.15, 0.2) is 0 Å². The molecule has 2 atom stereocenters. The van der Waals surface area contributed by atoms with Crippen molar-refractivity contribution in [1.29, 1.82) is 0 Å². The van der Waals surface area contributed by atoms with Crippen molar-refractivity contribution in [3.8, 4) is 0 Å². The van der Waals surface area contributed by atoms with Crippen molar-refractivity contribution in [1.82, 2.24) is 5.32 Å². The lowest BCUT2D eigenvalue weighted by Crippen LogP contribution is -2.33. The van der Waals surface area contributed by atoms with Crippen LogP contribution in [0, 0.1) is 12.7 Å². The van der Waals surface area contributed by atoms with E-state index in [2.05, 4.69) is 5.32 Å². The van der Waals surface area contributed by atoms with Gasteiger partial charge in [-0.1, -0.05) is 12.1 Å². The van der Waals surface area contributed by atoms with Crippen molar-refractivity contribution in [2.24, 2.45) is 0 Å². The first-order valence-corrected chi connectivity index (χ1v) is 7.21. The number of aliphatic hydroxyl groups excluding tert-OH is 1. The first kappa shape index (κ1) is 17.1. The molecule has 0 fully saturated rings. The Morgan fingerprint density at radius 3 is 2.60 bits per heavy atom. The van der Waals surface area contributed by atoms with Gasteiger partial charge in [-0.3, -0.25) is 0 Å². The molecule has 0 spiro atoms. The lowest BCUT2D eigenvalue weighted by atomic mass is 10.0. The molecule has 0 aliphatic heterocycles. The van der Waals surface area contributed by atoms with E-state index < -0.39 is 6.10 Å². The van der Waals surface area contributed by atoms with Gasteiger partial charge in [0.05, 0.1) is 12.2 Å². The SMILES string of the molecule is Cc1cc(C(O)C(C)NCCCOC(C)C)ccc1F. The maximum absolute atomic E-state index is 13.2. The van der Waals surface area contributed by atoms with E-state index in [0.29, 0.717) is 12.2 Å². The van der Waals surface area contributed by atoms with Crippen LogP contribution in [-0.2, 0) is 4.74 Å². The predicted molar refractivity (Wildman–Crippen MR) is 79.3 cm³/mol. The molecule has 0 aliphatic rings. The van der Waals surface area contributed by atoms with Gasteiger partial charge in [-0.25, -0.2) is 4.39 Å². The van der Waals surface area contributed by atoms with Crippen molar-refractivity contribution >= 4 is 0 Å². The van der Waals surface area contributed by atoms with Gasteiger partial charge in [0, 0.05) is 12.6 Å². The molecule has 0 amide bonds. The van der Waals surface area contributed by atoms with E-state index in [-0.39, 0.29) is 18.0 Å². The van der Waals surface area contributed by atoms with E-state index in [1.807, 2.05) is 20.8 Å². The van der Waals surface area contributed by atoms with Crippen LogP contribution in [0.4, 0.5) is 4.39 Å². The smallest absolute Gasteiger partial charge is 0.126 e. The average Bonchev–Trinajstić information content (AvgIpc) is 2.40. The largest absolute Gasteiger partial charge is 0.387 e. The van der Waals surface area contributed by atoms with Gasteiger partial charge >= 0.3 is 0 Å². The van der Waals surface area contributed by atoms with Crippen molar-refractivity contribution in [3.05, 3.63) is 35.1 Å². The fraction of sp³-hybridized carbons (Fsp3) is 0.625. The molecule has 0 bridgehead atoms. The highest BCUT2D eigenvalue weighted by Crippen LogP contribution is 2.19. The van der Waals surface area contributed by atoms with Crippen LogP contribution >= 0.6 is 0 Å². The zero-order valence-electron chi connectivity index (χ0n) is 12.8. The second-order valence-electron chi connectivity index (χ2n) is 5.47. The Bertz CT molecular complexity index is 409. The van der Waals surface area contributed by atoms with Crippen LogP contribution in [-0.4, -0.2) is 30.4 Å². The van der Waals surface area contributed by atoms with Gasteiger partial charge in [0.1, 0.15) is 5.82 Å². The van der Waals surface area contributed by atoms with E-state index in [4.69, 9.17) is 4.74 Å². The van der Waals surface area contributed by atoms with Gasteiger partial charge in [0.2, 0.25) is 0 Å². The third-order valence-electron chi connectivity index (χ3n) is 3.24. The lowest BCUT2D eigenvalue weighted by Gasteiger charge is -2.21. The van der Waals surface area contributed by atoms with Crippen LogP contribution in [0.2, 0.25) is 0 Å². The lowest BCUT2D eigenvalue weighted by molar-refractivity contribution is 0.0746. The van der Waals surface area contributed by atoms with E-state index >= 15 is 0 Å². The second-order valence-corrected chi connectivity index (χ2v) is 5.47. The summed E-state index contributed by atoms with van der Waals surface area (Å²) in [6.45, 7) is 9.14. The minimum atomic E-state index is -0.639. The van der Waals surface area contributed by atoms with Gasteiger partial charge in [-0.2, -0.15) is 0 Å². The van der Waals surface area contributed by atoms with E-state index in [9.17, 15) is 9.50 Å². The molecule has 1 rings (SSSR count). The molecule has 1 aromatic carbocycles. The van der Waals surface area contributed by atoms with E-state index in [1.54, 1.807) is 19.1 Å². The number of nitrogens with one attached hydrogen (secondary N) is 1. The van der Waals surface area contributed by atoms with Crippen molar-refractivity contribution in [3.63, 3.8) is 0 Å². The predicted octanol–water partition coefficient (Wildman–Crippen LogP) is 2.96. The van der Waals surface area contributed by atoms with Gasteiger partial charge in [-0.05, 0) is 57.9 Å². The molecular formula is C16H26FNO2. The average molecular weight is 283 g/mol. The number of halogens is 1. The topological polar surface area (TPSA) is 41.5 Å². The molecule has 20 heavy (non-hydrogen) atoms. The van der Waals surface area contributed by atoms with Crippen LogP contribution in [0.25, 0.3) is 0 Å². The van der Waals surface area contributed by atoms with Crippen LogP contribution in [0.15, 0.2) is 18.2 Å². The Labute approximate surface area is 121 Å². The molecule has 2 N–H and O–H groups in total. The summed E-state index contributed by atoms with van der Waals surface area (Å²) in [5.74, 6) is -0.243. The van der Waals surface area contributed by atoms with Gasteiger partial charge in [-0.15, -0.1) is 0 Å². The Hall–Kier alpha value is -0.970. The van der Waals surface area contributed by atoms with Crippen LogP contribution in [0.1, 0.15) is 44.4 Å². The molecule has 1 aromatic rings. The summed E-state index contributed by atoms with van der Waals surface area (Å²) in [7, 11) is 0. The van der Waals surface area contributed by atoms with Crippen molar-refractivity contribution in [2.45, 2.75) is 52.4 Å². The number of benzene rings is 1. The molecule has 0 aromatic heterocycles. The third-order valence-corrected chi connectivity index (χ3v) is 3.24. The van der Waals surface area contributed by atoms with E-state index in [1.165, 1.54) is 6.07 Å². The Morgan fingerprint density at radius 1 is 1.30 bits per heavy atom. The number of aliphatic hydroxyl groups is 1. The molecule has 0 aliphatic carbocycles. The zero-order chi connectivity index (χ0) is 15.1. The number of aryl methyl sites for hydroxylation is 1. The number of hydrogen-bond acceptors (Lipinski definition) is 3. The molecule has 0 heterocycles. The van der Waals surface area contributed by atoms with Gasteiger partial charge in [0.25, 0.3) is 0 Å². The Morgan fingerprint density at radius 2 is 2.00 bits per heavy atom. The molecule has 3 nitrogen and oxygen atoms in total. The molecule has 0 saturated heterocycles. The maximum Gasteiger partial charge on any atom is 0.126 e. The summed E-state index contributed by atoms with van der Waals surface area (Å²) < 4.78 is 18.7. The normalized spacial score (nSPS) is 14.6. The monoisotopic (exact) mass is 283 g/mol. The highest BCUT2D eigenvalue weighted by molar-refractivity contribution is 5.26. The van der Waals surface area contributed by atoms with Crippen molar-refractivity contribution in [2.75, 3.05) is 13.2 Å². The number of rotatable bonds is 8. The van der Waals surface area contributed by atoms with Crippen LogP contribution in [0.5, 0.6) is 0 Å². The second kappa shape index (κ2) is 8.35. The summed E-state index contributed by atoms with van der Waals surface area (Å²) in [4.78, 5) is 0. The quantitative estimate of drug-likeness (QED) is 0.721. The third kappa shape index (κ3) is 5.57. The number of ether oxygens (including phenoxy) is 1. The molecule has 0 saturated carbocycles. The molecule has 114 valence electrons. The molecule has 2 unspecified atom stereocenters. The maximum atomic E-state index is 13.2. The Balaban J connectivity index is 2.38. The van der Waals surface area contributed by atoms with Crippen molar-refractivity contribution < 1.29 is 14.2 Å². The zero-order valence-corrected chi connectivity index (χ0v) is 12.8. The van der Waals surface area contributed by atoms with Crippen LogP contribution in [0.3, 0.4) is 0 Å². The molecule has 4 heteroatoms. The first-order chi connectivity index (χ1) is 9.41. The van der Waals surface area contributed by atoms with Crippen LogP contribution < -0.4 is 5.32 Å².